The molecule has 0 saturated carbocycles. The zero-order chi connectivity index (χ0) is 17.5. The first-order chi connectivity index (χ1) is 11.3. The molecular formula is C18H17F3NOP. The number of benzene rings is 2. The number of rotatable bonds is 3. The number of hydrogen-bond donors (Lipinski definition) is 1. The fourth-order valence-electron chi connectivity index (χ4n) is 2.82. The van der Waals surface area contributed by atoms with E-state index in [0.717, 1.165) is 33.5 Å². The van der Waals surface area contributed by atoms with Gasteiger partial charge < -0.3 is 9.51 Å². The molecule has 0 saturated heterocycles. The summed E-state index contributed by atoms with van der Waals surface area (Å²) < 4.78 is 44.7. The highest BCUT2D eigenvalue weighted by Gasteiger charge is 2.31. The number of H-pyrrole nitrogens is 1. The Balaban J connectivity index is 2.17. The van der Waals surface area contributed by atoms with Gasteiger partial charge in [-0.1, -0.05) is 23.8 Å². The molecule has 1 aromatic heterocycles. The third kappa shape index (κ3) is 3.06. The Kier molecular flexibility index (Phi) is 4.41. The quantitative estimate of drug-likeness (QED) is 0.674. The summed E-state index contributed by atoms with van der Waals surface area (Å²) in [7, 11) is 0.202. The fraction of sp³-hybridized carbons (Fsp3) is 0.222. The van der Waals surface area contributed by atoms with Gasteiger partial charge in [0.25, 0.3) is 0 Å². The van der Waals surface area contributed by atoms with Gasteiger partial charge in [-0.25, -0.2) is 0 Å². The molecule has 1 heterocycles. The lowest BCUT2D eigenvalue weighted by Crippen LogP contribution is -2.17. The molecule has 0 aliphatic carbocycles. The van der Waals surface area contributed by atoms with Gasteiger partial charge in [0.1, 0.15) is 0 Å². The average molecular weight is 351 g/mol. The predicted octanol–water partition coefficient (Wildman–Crippen LogP) is 4.80. The summed E-state index contributed by atoms with van der Waals surface area (Å²) in [5.41, 5.74) is 2.32. The van der Waals surface area contributed by atoms with Crippen LogP contribution in [0.3, 0.4) is 0 Å². The normalized spacial score (nSPS) is 13.4. The summed E-state index contributed by atoms with van der Waals surface area (Å²) in [6.07, 6.45) is -4.36. The Labute approximate surface area is 139 Å². The molecule has 0 radical (unpaired) electrons. The molecule has 1 N–H and O–H groups in total. The highest BCUT2D eigenvalue weighted by molar-refractivity contribution is 7.69. The van der Waals surface area contributed by atoms with Crippen molar-refractivity contribution < 1.29 is 17.7 Å². The first-order valence-electron chi connectivity index (χ1n) is 7.41. The van der Waals surface area contributed by atoms with Gasteiger partial charge >= 0.3 is 6.18 Å². The van der Waals surface area contributed by atoms with E-state index in [0.29, 0.717) is 5.30 Å². The van der Waals surface area contributed by atoms with E-state index < -0.39 is 19.9 Å². The molecule has 0 fully saturated rings. The number of hydrogen-bond acceptors (Lipinski definition) is 1. The lowest BCUT2D eigenvalue weighted by molar-refractivity contribution is -0.137. The van der Waals surface area contributed by atoms with Crippen molar-refractivity contribution in [2.24, 2.45) is 0 Å². The fourth-order valence-corrected chi connectivity index (χ4v) is 4.72. The summed E-state index contributed by atoms with van der Waals surface area (Å²) in [5.74, 6) is 0. The van der Waals surface area contributed by atoms with Gasteiger partial charge in [-0.05, 0) is 38.1 Å². The predicted molar refractivity (Wildman–Crippen MR) is 92.4 cm³/mol. The summed E-state index contributed by atoms with van der Waals surface area (Å²) in [6, 6.07) is 11.4. The van der Waals surface area contributed by atoms with Crippen molar-refractivity contribution >= 4 is 29.7 Å². The topological polar surface area (TPSA) is 25.0 Å². The second-order valence-electron chi connectivity index (χ2n) is 5.67. The monoisotopic (exact) mass is 351 g/mol. The van der Waals surface area contributed by atoms with Gasteiger partial charge in [-0.2, -0.15) is 13.2 Å². The van der Waals surface area contributed by atoms with Gasteiger partial charge in [0.2, 0.25) is 0 Å². The Morgan fingerprint density at radius 2 is 1.79 bits per heavy atom. The third-order valence-corrected chi connectivity index (χ3v) is 6.00. The Morgan fingerprint density at radius 1 is 1.04 bits per heavy atom. The van der Waals surface area contributed by atoms with Crippen LogP contribution in [0.5, 0.6) is 0 Å². The highest BCUT2D eigenvalue weighted by atomic mass is 31.1. The van der Waals surface area contributed by atoms with E-state index in [9.17, 15) is 13.2 Å². The van der Waals surface area contributed by atoms with E-state index in [1.807, 2.05) is 32.0 Å². The van der Waals surface area contributed by atoms with Crippen molar-refractivity contribution in [3.63, 3.8) is 0 Å². The van der Waals surface area contributed by atoms with E-state index in [-0.39, 0.29) is 0 Å². The lowest BCUT2D eigenvalue weighted by Gasteiger charge is -2.18. The third-order valence-electron chi connectivity index (χ3n) is 3.90. The van der Waals surface area contributed by atoms with Crippen LogP contribution >= 0.6 is 8.15 Å². The van der Waals surface area contributed by atoms with Crippen molar-refractivity contribution in [2.75, 3.05) is 7.11 Å². The number of halogens is 3. The van der Waals surface area contributed by atoms with Crippen molar-refractivity contribution in [2.45, 2.75) is 20.0 Å². The molecule has 0 bridgehead atoms. The summed E-state index contributed by atoms with van der Waals surface area (Å²) in [4.78, 5) is 3.30. The molecular weight excluding hydrogens is 334 g/mol. The number of alkyl halides is 3. The molecule has 0 aliphatic heterocycles. The Morgan fingerprint density at radius 3 is 2.46 bits per heavy atom. The molecule has 0 amide bonds. The van der Waals surface area contributed by atoms with E-state index in [4.69, 9.17) is 4.52 Å². The van der Waals surface area contributed by atoms with Gasteiger partial charge in [0.05, 0.1) is 13.7 Å². The number of nitrogens with one attached hydrogen (secondary N) is 1. The van der Waals surface area contributed by atoms with Gasteiger partial charge in [0, 0.05) is 34.3 Å². The molecule has 0 spiro atoms. The van der Waals surface area contributed by atoms with E-state index in [1.54, 1.807) is 13.2 Å². The maximum atomic E-state index is 13.0. The first-order valence-corrected chi connectivity index (χ1v) is 8.67. The molecule has 2 aromatic carbocycles. The molecule has 0 aliphatic rings. The molecule has 3 rings (SSSR count). The van der Waals surface area contributed by atoms with Crippen LogP contribution in [0.25, 0.3) is 10.9 Å². The molecule has 3 aromatic rings. The van der Waals surface area contributed by atoms with Gasteiger partial charge in [0.15, 0.2) is 0 Å². The second-order valence-corrected chi connectivity index (χ2v) is 7.59. The minimum absolute atomic E-state index is 0.549. The van der Waals surface area contributed by atoms with Crippen molar-refractivity contribution in [1.29, 1.82) is 0 Å². The van der Waals surface area contributed by atoms with Gasteiger partial charge in [-0.3, -0.25) is 0 Å². The van der Waals surface area contributed by atoms with Gasteiger partial charge in [-0.15, -0.1) is 0 Å². The number of aromatic amines is 1. The van der Waals surface area contributed by atoms with Crippen LogP contribution < -0.4 is 10.6 Å². The number of aryl methyl sites for hydroxylation is 2. The Hall–Kier alpha value is -1.84. The SMILES string of the molecule is COP(c1cccc(C(F)(F)F)c1)c1c(C)[nH]c2ccc(C)cc12. The molecule has 1 atom stereocenters. The minimum Gasteiger partial charge on any atom is -0.358 e. The van der Waals surface area contributed by atoms with Crippen LogP contribution in [0.1, 0.15) is 16.8 Å². The molecule has 6 heteroatoms. The molecule has 1 unspecified atom stereocenters. The Bertz CT molecular complexity index is 886. The standard InChI is InChI=1S/C18H17F3NOP/c1-11-7-8-16-15(9-11)17(12(2)22-16)24(23-3)14-6-4-5-13(10-14)18(19,20)21/h4-10,22H,1-3H3. The van der Waals surface area contributed by atoms with Crippen LogP contribution in [0.2, 0.25) is 0 Å². The van der Waals surface area contributed by atoms with Crippen LogP contribution in [0, 0.1) is 13.8 Å². The highest BCUT2D eigenvalue weighted by Crippen LogP contribution is 2.40. The van der Waals surface area contributed by atoms with Crippen molar-refractivity contribution in [3.05, 3.63) is 59.3 Å². The zero-order valence-electron chi connectivity index (χ0n) is 13.5. The molecule has 24 heavy (non-hydrogen) atoms. The van der Waals surface area contributed by atoms with Crippen LogP contribution in [-0.2, 0) is 10.7 Å². The van der Waals surface area contributed by atoms with E-state index in [1.165, 1.54) is 12.1 Å². The lowest BCUT2D eigenvalue weighted by atomic mass is 10.2. The smallest absolute Gasteiger partial charge is 0.358 e. The van der Waals surface area contributed by atoms with Crippen LogP contribution in [-0.4, -0.2) is 12.1 Å². The molecule has 2 nitrogen and oxygen atoms in total. The second kappa shape index (κ2) is 6.23. The molecule has 126 valence electrons. The maximum absolute atomic E-state index is 13.0. The summed E-state index contributed by atoms with van der Waals surface area (Å²) in [6.45, 7) is 3.91. The van der Waals surface area contributed by atoms with E-state index in [2.05, 4.69) is 4.98 Å². The largest absolute Gasteiger partial charge is 0.416 e. The first kappa shape index (κ1) is 17.0. The van der Waals surface area contributed by atoms with Crippen LogP contribution in [0.4, 0.5) is 13.2 Å². The average Bonchev–Trinajstić information content (AvgIpc) is 2.84. The number of aromatic nitrogens is 1. The van der Waals surface area contributed by atoms with Crippen LogP contribution in [0.15, 0.2) is 42.5 Å². The van der Waals surface area contributed by atoms with E-state index >= 15 is 0 Å². The zero-order valence-corrected chi connectivity index (χ0v) is 14.4. The summed E-state index contributed by atoms with van der Waals surface area (Å²) >= 11 is 0. The van der Waals surface area contributed by atoms with Crippen molar-refractivity contribution in [3.8, 4) is 0 Å². The van der Waals surface area contributed by atoms with Crippen molar-refractivity contribution in [1.82, 2.24) is 4.98 Å². The minimum atomic E-state index is -4.36. The summed E-state index contributed by atoms with van der Waals surface area (Å²) in [5, 5.41) is 2.48. The number of fused-ring (bicyclic) bond motifs is 1. The maximum Gasteiger partial charge on any atom is 0.416 e.